The Morgan fingerprint density at radius 2 is 1.82 bits per heavy atom. The van der Waals surface area contributed by atoms with Crippen LogP contribution in [0.15, 0.2) is 39.8 Å². The van der Waals surface area contributed by atoms with Crippen LogP contribution in [0.2, 0.25) is 0 Å². The summed E-state index contributed by atoms with van der Waals surface area (Å²) in [4.78, 5) is 38.7. The standard InChI is InChI=1S/C27H32F2N4O4S/c1-25(2,3)37-23(35)14-21-26(4,5)38(36)22(11-12-31-38)27(6,33-21)24-18(29)9-8-17(32-24)13-20(34)19-10-7-16(28)15-30-19/h7-10,15,22H,11-14H2,1-6H3/t22-,27-,38+/m0/s1. The van der Waals surface area contributed by atoms with Crippen LogP contribution in [0.3, 0.4) is 0 Å². The van der Waals surface area contributed by atoms with Crippen molar-refractivity contribution in [2.75, 3.05) is 6.54 Å². The molecule has 0 aromatic carbocycles. The number of fused-ring (bicyclic) bond motifs is 1. The largest absolute Gasteiger partial charge is 0.460 e. The van der Waals surface area contributed by atoms with Crippen LogP contribution in [0, 0.1) is 11.6 Å². The molecule has 4 rings (SSSR count). The van der Waals surface area contributed by atoms with Gasteiger partial charge in [-0.3, -0.25) is 24.5 Å². The van der Waals surface area contributed by atoms with Gasteiger partial charge in [-0.15, -0.1) is 0 Å². The highest BCUT2D eigenvalue weighted by Gasteiger charge is 2.58. The van der Waals surface area contributed by atoms with Crippen molar-refractivity contribution in [3.05, 3.63) is 59.2 Å². The van der Waals surface area contributed by atoms with Crippen molar-refractivity contribution in [1.29, 1.82) is 0 Å². The van der Waals surface area contributed by atoms with Gasteiger partial charge in [0.15, 0.2) is 5.78 Å². The number of Topliss-reactive ketones (excluding diaryl/α,β-unsaturated/α-hetero) is 1. The van der Waals surface area contributed by atoms with Gasteiger partial charge in [0.05, 0.1) is 38.8 Å². The predicted molar refractivity (Wildman–Crippen MR) is 140 cm³/mol. The quantitative estimate of drug-likeness (QED) is 0.387. The van der Waals surface area contributed by atoms with Crippen LogP contribution in [-0.4, -0.2) is 53.8 Å². The average molecular weight is 547 g/mol. The fourth-order valence-electron chi connectivity index (χ4n) is 5.02. The Balaban J connectivity index is 1.78. The molecule has 3 atom stereocenters. The Hall–Kier alpha value is -3.08. The zero-order chi connectivity index (χ0) is 28.1. The molecule has 11 heteroatoms. The number of rotatable bonds is 6. The van der Waals surface area contributed by atoms with Crippen LogP contribution in [0.25, 0.3) is 0 Å². The minimum absolute atomic E-state index is 0.0555. The van der Waals surface area contributed by atoms with E-state index in [-0.39, 0.29) is 29.9 Å². The lowest BCUT2D eigenvalue weighted by atomic mass is 9.88. The summed E-state index contributed by atoms with van der Waals surface area (Å²) in [6.45, 7) is 10.7. The Bertz CT molecular complexity index is 1440. The van der Waals surface area contributed by atoms with E-state index in [1.165, 1.54) is 18.2 Å². The molecule has 0 spiro atoms. The maximum atomic E-state index is 15.4. The van der Waals surface area contributed by atoms with Crippen LogP contribution >= 0.6 is 0 Å². The summed E-state index contributed by atoms with van der Waals surface area (Å²) in [6, 6.07) is 4.99. The van der Waals surface area contributed by atoms with Gasteiger partial charge in [-0.05, 0) is 72.2 Å². The van der Waals surface area contributed by atoms with Crippen LogP contribution in [0.5, 0.6) is 0 Å². The number of esters is 1. The number of pyridine rings is 2. The van der Waals surface area contributed by atoms with E-state index in [1.807, 2.05) is 0 Å². The summed E-state index contributed by atoms with van der Waals surface area (Å²) in [6.07, 6.45) is 0.927. The molecule has 0 bridgehead atoms. The second kappa shape index (κ2) is 9.59. The molecule has 0 unspecified atom stereocenters. The molecule has 0 fully saturated rings. The lowest BCUT2D eigenvalue weighted by Crippen LogP contribution is -2.56. The van der Waals surface area contributed by atoms with Crippen molar-refractivity contribution < 1.29 is 27.3 Å². The van der Waals surface area contributed by atoms with Crippen LogP contribution < -0.4 is 0 Å². The number of hydrogen-bond acceptors (Lipinski definition) is 8. The van der Waals surface area contributed by atoms with Crippen molar-refractivity contribution >= 4 is 27.2 Å². The van der Waals surface area contributed by atoms with Gasteiger partial charge in [0.1, 0.15) is 34.2 Å². The number of hydrogen-bond donors (Lipinski definition) is 0. The van der Waals surface area contributed by atoms with E-state index < -0.39 is 54.3 Å². The molecule has 0 saturated heterocycles. The normalized spacial score (nSPS) is 26.2. The van der Waals surface area contributed by atoms with Crippen molar-refractivity contribution in [3.8, 4) is 0 Å². The van der Waals surface area contributed by atoms with E-state index in [4.69, 9.17) is 9.73 Å². The molecule has 0 amide bonds. The Kier molecular flexibility index (Phi) is 7.05. The minimum atomic E-state index is -3.00. The van der Waals surface area contributed by atoms with Crippen molar-refractivity contribution in [3.63, 3.8) is 0 Å². The van der Waals surface area contributed by atoms with Crippen LogP contribution in [0.1, 0.15) is 76.3 Å². The first kappa shape index (κ1) is 27.9. The molecule has 2 aromatic rings. The first-order valence-electron chi connectivity index (χ1n) is 12.4. The third kappa shape index (κ3) is 5.00. The average Bonchev–Trinajstić information content (AvgIpc) is 3.23. The number of aliphatic imine (C=N–C) groups is 1. The molecule has 38 heavy (non-hydrogen) atoms. The van der Waals surface area contributed by atoms with Gasteiger partial charge >= 0.3 is 5.97 Å². The van der Waals surface area contributed by atoms with Gasteiger partial charge in [0, 0.05) is 18.0 Å². The van der Waals surface area contributed by atoms with E-state index in [0.29, 0.717) is 18.7 Å². The molecule has 0 aliphatic carbocycles. The number of aromatic nitrogens is 2. The predicted octanol–water partition coefficient (Wildman–Crippen LogP) is 4.60. The molecule has 2 aliphatic heterocycles. The first-order valence-corrected chi connectivity index (χ1v) is 14.0. The summed E-state index contributed by atoms with van der Waals surface area (Å²) in [7, 11) is -3.00. The lowest BCUT2D eigenvalue weighted by Gasteiger charge is -2.45. The molecule has 0 radical (unpaired) electrons. The summed E-state index contributed by atoms with van der Waals surface area (Å²) in [5, 5.41) is -0.654. The number of ether oxygens (including phenoxy) is 1. The molecule has 8 nitrogen and oxygen atoms in total. The van der Waals surface area contributed by atoms with Gasteiger partial charge in [0.2, 0.25) is 0 Å². The second-order valence-corrected chi connectivity index (χ2v) is 14.3. The lowest BCUT2D eigenvalue weighted by molar-refractivity contribution is -0.153. The monoisotopic (exact) mass is 546 g/mol. The van der Waals surface area contributed by atoms with Crippen molar-refractivity contribution in [2.45, 2.75) is 81.9 Å². The summed E-state index contributed by atoms with van der Waals surface area (Å²) >= 11 is 0. The number of ketones is 1. The smallest absolute Gasteiger partial charge is 0.312 e. The summed E-state index contributed by atoms with van der Waals surface area (Å²) in [5.74, 6) is -2.19. The topological polar surface area (TPSA) is 111 Å². The van der Waals surface area contributed by atoms with Gasteiger partial charge in [-0.2, -0.15) is 0 Å². The molecule has 0 N–H and O–H groups in total. The van der Waals surface area contributed by atoms with E-state index >= 15 is 4.39 Å². The van der Waals surface area contributed by atoms with Gasteiger partial charge in [0.25, 0.3) is 0 Å². The zero-order valence-electron chi connectivity index (χ0n) is 22.4. The molecular weight excluding hydrogens is 514 g/mol. The highest BCUT2D eigenvalue weighted by Crippen LogP contribution is 2.48. The maximum Gasteiger partial charge on any atom is 0.312 e. The molecule has 2 aromatic heterocycles. The number of halogens is 2. The first-order chi connectivity index (χ1) is 17.6. The zero-order valence-corrected chi connectivity index (χ0v) is 23.2. The molecule has 0 saturated carbocycles. The number of carbonyl (C=O) groups is 2. The third-order valence-corrected chi connectivity index (χ3v) is 10.7. The number of nitrogens with zero attached hydrogens (tertiary/aromatic N) is 4. The van der Waals surface area contributed by atoms with Gasteiger partial charge < -0.3 is 4.74 Å². The fraction of sp³-hybridized carbons (Fsp3) is 0.519. The molecule has 204 valence electrons. The van der Waals surface area contributed by atoms with Crippen molar-refractivity contribution in [1.82, 2.24) is 9.97 Å². The Labute approximate surface area is 221 Å². The maximum absolute atomic E-state index is 15.4. The Morgan fingerprint density at radius 3 is 2.45 bits per heavy atom. The second-order valence-electron chi connectivity index (χ2n) is 11.3. The van der Waals surface area contributed by atoms with Crippen molar-refractivity contribution in [2.24, 2.45) is 9.36 Å². The third-order valence-electron chi connectivity index (χ3n) is 6.95. The van der Waals surface area contributed by atoms with E-state index in [0.717, 1.165) is 12.3 Å². The van der Waals surface area contributed by atoms with E-state index in [2.05, 4.69) is 14.3 Å². The molecular formula is C27H32F2N4O4S. The molecule has 2 aliphatic rings. The Morgan fingerprint density at radius 1 is 1.11 bits per heavy atom. The van der Waals surface area contributed by atoms with E-state index in [1.54, 1.807) is 41.5 Å². The molecule has 4 heterocycles. The highest BCUT2D eigenvalue weighted by molar-refractivity contribution is 7.96. The minimum Gasteiger partial charge on any atom is -0.460 e. The van der Waals surface area contributed by atoms with Crippen LogP contribution in [0.4, 0.5) is 8.78 Å². The van der Waals surface area contributed by atoms with Gasteiger partial charge in [-0.1, -0.05) is 0 Å². The van der Waals surface area contributed by atoms with Gasteiger partial charge in [-0.25, -0.2) is 17.4 Å². The number of carbonyl (C=O) groups excluding carboxylic acids is 2. The van der Waals surface area contributed by atoms with E-state index in [9.17, 15) is 18.2 Å². The highest BCUT2D eigenvalue weighted by atomic mass is 32.2. The summed E-state index contributed by atoms with van der Waals surface area (Å²) in [5.41, 5.74) is -1.58. The summed E-state index contributed by atoms with van der Waals surface area (Å²) < 4.78 is 52.0. The SMILES string of the molecule is CC(C)(C)OC(=O)CC1=N[C@](C)(c2nc(CC(=O)c3ccc(F)cn3)ccc2F)[C@@H]2CCN=[S@]2(=O)C1(C)C. The van der Waals surface area contributed by atoms with Crippen LogP contribution in [-0.2, 0) is 31.2 Å². The fourth-order valence-corrected chi connectivity index (χ4v) is 8.28.